The van der Waals surface area contributed by atoms with Gasteiger partial charge in [-0.15, -0.1) is 4.91 Å². The molecule has 0 radical (unpaired) electrons. The van der Waals surface area contributed by atoms with Crippen LogP contribution in [0.2, 0.25) is 0 Å². The number of benzene rings is 1. The number of hydrogen-bond donors (Lipinski definition) is 3. The lowest BCUT2D eigenvalue weighted by molar-refractivity contribution is -0.110. The second-order valence-corrected chi connectivity index (χ2v) is 6.75. The molecule has 0 fully saturated rings. The van der Waals surface area contributed by atoms with E-state index in [1.807, 2.05) is 0 Å². The Morgan fingerprint density at radius 1 is 1.34 bits per heavy atom. The summed E-state index contributed by atoms with van der Waals surface area (Å²) in [6.07, 6.45) is 1.62. The molecule has 0 atom stereocenters. The third-order valence-electron chi connectivity index (χ3n) is 4.89. The monoisotopic (exact) mass is 399 g/mol. The summed E-state index contributed by atoms with van der Waals surface area (Å²) in [7, 11) is 0. The summed E-state index contributed by atoms with van der Waals surface area (Å²) in [6, 6.07) is 4.11. The number of amides is 2. The molecule has 8 nitrogen and oxygen atoms in total. The second-order valence-electron chi connectivity index (χ2n) is 6.75. The molecule has 3 N–H and O–H groups in total. The van der Waals surface area contributed by atoms with E-state index >= 15 is 0 Å². The number of hydrogen-bond acceptors (Lipinski definition) is 4. The van der Waals surface area contributed by atoms with Crippen LogP contribution in [0, 0.1) is 24.6 Å². The van der Waals surface area contributed by atoms with Crippen molar-refractivity contribution in [2.24, 2.45) is 5.29 Å². The van der Waals surface area contributed by atoms with Gasteiger partial charge in [-0.05, 0) is 50.6 Å². The molecule has 2 amide bonds. The highest BCUT2D eigenvalue weighted by molar-refractivity contribution is 6.34. The van der Waals surface area contributed by atoms with Crippen molar-refractivity contribution < 1.29 is 14.0 Å². The molecule has 0 bridgehead atoms. The maximum atomic E-state index is 13.6. The van der Waals surface area contributed by atoms with Crippen LogP contribution < -0.4 is 10.6 Å². The second kappa shape index (κ2) is 8.26. The third kappa shape index (κ3) is 4.03. The minimum atomic E-state index is -0.434. The summed E-state index contributed by atoms with van der Waals surface area (Å²) in [4.78, 5) is 38.6. The minimum absolute atomic E-state index is 0.272. The van der Waals surface area contributed by atoms with Gasteiger partial charge in [0.05, 0.1) is 23.0 Å². The van der Waals surface area contributed by atoms with E-state index in [0.717, 1.165) is 0 Å². The molecule has 2 heterocycles. The highest BCUT2D eigenvalue weighted by Gasteiger charge is 2.26. The Kier molecular flexibility index (Phi) is 5.76. The van der Waals surface area contributed by atoms with Crippen LogP contribution in [-0.2, 0) is 4.79 Å². The van der Waals surface area contributed by atoms with Gasteiger partial charge in [0, 0.05) is 35.7 Å². The number of nitrogens with zero attached hydrogens (tertiary/aromatic N) is 2. The molecule has 152 valence electrons. The summed E-state index contributed by atoms with van der Waals surface area (Å²) in [5.74, 6) is -1.05. The zero-order chi connectivity index (χ0) is 21.1. The van der Waals surface area contributed by atoms with Gasteiger partial charge in [0.2, 0.25) is 0 Å². The number of aryl methyl sites for hydroxylation is 1. The number of fused-ring (bicyclic) bond motifs is 1. The quantitative estimate of drug-likeness (QED) is 0.378. The molecular formula is C20H22FN5O3. The van der Waals surface area contributed by atoms with Crippen LogP contribution >= 0.6 is 0 Å². The smallest absolute Gasteiger partial charge is 0.256 e. The van der Waals surface area contributed by atoms with Crippen LogP contribution in [0.5, 0.6) is 0 Å². The van der Waals surface area contributed by atoms with E-state index in [0.29, 0.717) is 52.4 Å². The molecule has 0 unspecified atom stereocenters. The lowest BCUT2D eigenvalue weighted by atomic mass is 10.0. The molecule has 29 heavy (non-hydrogen) atoms. The fraction of sp³-hybridized carbons (Fsp3) is 0.300. The predicted molar refractivity (Wildman–Crippen MR) is 109 cm³/mol. The lowest BCUT2D eigenvalue weighted by Crippen LogP contribution is -2.32. The number of nitrogens with one attached hydrogen (secondary N) is 3. The van der Waals surface area contributed by atoms with Crippen molar-refractivity contribution >= 4 is 29.2 Å². The topological polar surface area (TPSA) is 107 Å². The van der Waals surface area contributed by atoms with Gasteiger partial charge in [0.25, 0.3) is 11.8 Å². The maximum absolute atomic E-state index is 13.6. The molecule has 1 aromatic carbocycles. The van der Waals surface area contributed by atoms with Crippen molar-refractivity contribution in [1.29, 1.82) is 0 Å². The number of rotatable bonds is 7. The van der Waals surface area contributed by atoms with Crippen molar-refractivity contribution in [3.8, 4) is 0 Å². The molecule has 0 aliphatic carbocycles. The van der Waals surface area contributed by atoms with Crippen molar-refractivity contribution in [2.45, 2.75) is 20.8 Å². The van der Waals surface area contributed by atoms with E-state index in [9.17, 15) is 18.9 Å². The number of likely N-dealkylation sites (N-methyl/N-ethyl adjacent to an activating group) is 1. The molecule has 1 aromatic heterocycles. The minimum Gasteiger partial charge on any atom is -0.358 e. The van der Waals surface area contributed by atoms with Gasteiger partial charge < -0.3 is 15.6 Å². The Balaban J connectivity index is 1.84. The molecule has 0 saturated carbocycles. The summed E-state index contributed by atoms with van der Waals surface area (Å²) in [5.41, 5.74) is 3.74. The largest absolute Gasteiger partial charge is 0.358 e. The Morgan fingerprint density at radius 3 is 2.79 bits per heavy atom. The van der Waals surface area contributed by atoms with Gasteiger partial charge in [0.1, 0.15) is 5.82 Å². The first-order valence-electron chi connectivity index (χ1n) is 9.24. The Bertz CT molecular complexity index is 1010. The third-order valence-corrected chi connectivity index (χ3v) is 4.89. The zero-order valence-electron chi connectivity index (χ0n) is 16.4. The van der Waals surface area contributed by atoms with Gasteiger partial charge in [0.15, 0.2) is 0 Å². The normalized spacial score (nSPS) is 13.9. The molecular weight excluding hydrogens is 377 g/mol. The molecule has 9 heteroatoms. The highest BCUT2D eigenvalue weighted by Crippen LogP contribution is 2.34. The number of aromatic amines is 1. The van der Waals surface area contributed by atoms with Crippen LogP contribution in [0.25, 0.3) is 11.6 Å². The number of carbonyl (C=O) groups is 2. The number of nitroso groups, excluding NO2 is 1. The summed E-state index contributed by atoms with van der Waals surface area (Å²) < 4.78 is 13.6. The number of halogens is 1. The summed E-state index contributed by atoms with van der Waals surface area (Å²) >= 11 is 0. The number of anilines is 1. The van der Waals surface area contributed by atoms with E-state index in [4.69, 9.17) is 0 Å². The molecule has 1 aliphatic heterocycles. The van der Waals surface area contributed by atoms with Crippen LogP contribution in [-0.4, -0.2) is 41.4 Å². The van der Waals surface area contributed by atoms with E-state index in [1.165, 1.54) is 23.2 Å². The number of carbonyl (C=O) groups excluding carboxylic acids is 2. The maximum Gasteiger partial charge on any atom is 0.256 e. The van der Waals surface area contributed by atoms with E-state index < -0.39 is 5.82 Å². The van der Waals surface area contributed by atoms with Gasteiger partial charge in [-0.1, -0.05) is 0 Å². The number of aromatic nitrogens is 1. The van der Waals surface area contributed by atoms with Crippen molar-refractivity contribution in [1.82, 2.24) is 15.3 Å². The van der Waals surface area contributed by atoms with Crippen molar-refractivity contribution in [2.75, 3.05) is 25.0 Å². The Labute approximate surface area is 167 Å². The predicted octanol–water partition coefficient (Wildman–Crippen LogP) is 3.00. The molecule has 2 aromatic rings. The molecule has 3 rings (SSSR count). The van der Waals surface area contributed by atoms with E-state index in [1.54, 1.807) is 26.8 Å². The molecule has 0 saturated heterocycles. The van der Waals surface area contributed by atoms with Gasteiger partial charge >= 0.3 is 0 Å². The average Bonchev–Trinajstić information content (AvgIpc) is 3.14. The Hall–Kier alpha value is -3.49. The van der Waals surface area contributed by atoms with Gasteiger partial charge in [-0.2, -0.15) is 0 Å². The number of H-pyrrole nitrogens is 1. The average molecular weight is 399 g/mol. The van der Waals surface area contributed by atoms with Crippen LogP contribution in [0.4, 0.5) is 10.1 Å². The fourth-order valence-electron chi connectivity index (χ4n) is 3.35. The van der Waals surface area contributed by atoms with Crippen LogP contribution in [0.3, 0.4) is 0 Å². The fourth-order valence-corrected chi connectivity index (χ4v) is 3.35. The van der Waals surface area contributed by atoms with E-state index in [-0.39, 0.29) is 18.4 Å². The Morgan fingerprint density at radius 2 is 2.10 bits per heavy atom. The highest BCUT2D eigenvalue weighted by atomic mass is 19.1. The van der Waals surface area contributed by atoms with Crippen molar-refractivity contribution in [3.05, 3.63) is 57.0 Å². The first kappa shape index (κ1) is 20.2. The van der Waals surface area contributed by atoms with Crippen molar-refractivity contribution in [3.63, 3.8) is 0 Å². The SMILES string of the molecule is CCN(CCNC(=O)c1c(C)[nH]c(/C=C2\C(=O)Nc3ccc(F)cc32)c1C)N=O. The first-order chi connectivity index (χ1) is 13.8. The van der Waals surface area contributed by atoms with Crippen LogP contribution in [0.15, 0.2) is 23.5 Å². The standard InChI is InChI=1S/C20H22FN5O3/c1-4-26(25-29)8-7-22-20(28)18-11(2)17(23-12(18)3)10-15-14-9-13(21)5-6-16(14)24-19(15)27/h5-6,9-10,23H,4,7-8H2,1-3H3,(H,22,28)(H,24,27)/b15-10-. The first-order valence-corrected chi connectivity index (χ1v) is 9.24. The van der Waals surface area contributed by atoms with Gasteiger partial charge in [-0.25, -0.2) is 4.39 Å². The van der Waals surface area contributed by atoms with Crippen LogP contribution in [0.1, 0.15) is 39.8 Å². The van der Waals surface area contributed by atoms with E-state index in [2.05, 4.69) is 20.9 Å². The molecule has 0 spiro atoms. The lowest BCUT2D eigenvalue weighted by Gasteiger charge is -2.13. The zero-order valence-corrected chi connectivity index (χ0v) is 16.4. The summed E-state index contributed by atoms with van der Waals surface area (Å²) in [5, 5.41) is 9.64. The molecule has 1 aliphatic rings. The van der Waals surface area contributed by atoms with Gasteiger partial charge in [-0.3, -0.25) is 14.6 Å². The summed E-state index contributed by atoms with van der Waals surface area (Å²) in [6.45, 7) is 6.38.